The molecule has 0 fully saturated rings. The lowest BCUT2D eigenvalue weighted by Crippen LogP contribution is -2.12. The van der Waals surface area contributed by atoms with Crippen LogP contribution >= 0.6 is 0 Å². The fourth-order valence-corrected chi connectivity index (χ4v) is 1.14. The van der Waals surface area contributed by atoms with Gasteiger partial charge in [-0.05, 0) is 12.5 Å². The molecule has 16 heavy (non-hydrogen) atoms. The maximum absolute atomic E-state index is 8.80. The molecule has 1 aromatic rings. The zero-order valence-electron chi connectivity index (χ0n) is 9.44. The Morgan fingerprint density at radius 2 is 2.38 bits per heavy atom. The molecule has 0 unspecified atom stereocenters. The molecule has 0 bridgehead atoms. The normalized spacial score (nSPS) is 9.75. The van der Waals surface area contributed by atoms with E-state index in [1.54, 1.807) is 6.07 Å². The maximum Gasteiger partial charge on any atom is 0.166 e. The third-order valence-corrected chi connectivity index (χ3v) is 2.02. The monoisotopic (exact) mass is 220 g/mol. The molecule has 0 aliphatic rings. The minimum absolute atomic E-state index is 0.503. The predicted molar refractivity (Wildman–Crippen MR) is 61.0 cm³/mol. The van der Waals surface area contributed by atoms with Crippen LogP contribution < -0.4 is 5.32 Å². The van der Waals surface area contributed by atoms with Gasteiger partial charge in [-0.15, -0.1) is 5.10 Å². The van der Waals surface area contributed by atoms with Crippen molar-refractivity contribution in [1.29, 1.82) is 5.26 Å². The first-order valence-corrected chi connectivity index (χ1v) is 5.42. The fourth-order valence-electron chi connectivity index (χ4n) is 1.14. The molecule has 5 nitrogen and oxygen atoms in total. The highest BCUT2D eigenvalue weighted by molar-refractivity contribution is 5.49. The van der Waals surface area contributed by atoms with E-state index < -0.39 is 0 Å². The zero-order valence-corrected chi connectivity index (χ0v) is 9.44. The van der Waals surface area contributed by atoms with Crippen LogP contribution in [0.1, 0.15) is 25.3 Å². The standard InChI is InChI=1S/C11H16N4O/c1-2-3-7-16-8-6-13-11-10(9-12)4-5-14-15-11/h4-5H,2-3,6-8H2,1H3,(H,13,15). The van der Waals surface area contributed by atoms with Crippen LogP contribution in [0.4, 0.5) is 5.82 Å². The molecule has 0 radical (unpaired) electrons. The van der Waals surface area contributed by atoms with Crippen molar-refractivity contribution in [2.75, 3.05) is 25.1 Å². The summed E-state index contributed by atoms with van der Waals surface area (Å²) in [7, 11) is 0. The highest BCUT2D eigenvalue weighted by atomic mass is 16.5. The first kappa shape index (κ1) is 12.4. The lowest BCUT2D eigenvalue weighted by atomic mass is 10.3. The molecule has 0 atom stereocenters. The number of aromatic nitrogens is 2. The Kier molecular flexibility index (Phi) is 5.89. The van der Waals surface area contributed by atoms with Crippen molar-refractivity contribution in [3.63, 3.8) is 0 Å². The average molecular weight is 220 g/mol. The van der Waals surface area contributed by atoms with Crippen molar-refractivity contribution in [3.05, 3.63) is 17.8 Å². The second kappa shape index (κ2) is 7.60. The van der Waals surface area contributed by atoms with Gasteiger partial charge in [0.2, 0.25) is 0 Å². The number of nitrogens with zero attached hydrogens (tertiary/aromatic N) is 3. The maximum atomic E-state index is 8.80. The summed E-state index contributed by atoms with van der Waals surface area (Å²) in [6.45, 7) is 4.16. The van der Waals surface area contributed by atoms with Crippen LogP contribution in [0, 0.1) is 11.3 Å². The van der Waals surface area contributed by atoms with E-state index in [4.69, 9.17) is 10.00 Å². The summed E-state index contributed by atoms with van der Waals surface area (Å²) in [5.74, 6) is 0.518. The van der Waals surface area contributed by atoms with E-state index in [0.29, 0.717) is 24.5 Å². The van der Waals surface area contributed by atoms with Crippen LogP contribution in [0.2, 0.25) is 0 Å². The number of nitrogens with one attached hydrogen (secondary N) is 1. The summed E-state index contributed by atoms with van der Waals surface area (Å²) >= 11 is 0. The third-order valence-electron chi connectivity index (χ3n) is 2.02. The second-order valence-corrected chi connectivity index (χ2v) is 3.30. The lowest BCUT2D eigenvalue weighted by molar-refractivity contribution is 0.141. The van der Waals surface area contributed by atoms with Crippen LogP contribution in [0.5, 0.6) is 0 Å². The topological polar surface area (TPSA) is 70.8 Å². The van der Waals surface area contributed by atoms with Crippen LogP contribution in [0.25, 0.3) is 0 Å². The summed E-state index contributed by atoms with van der Waals surface area (Å²) in [5, 5.41) is 19.4. The van der Waals surface area contributed by atoms with Crippen molar-refractivity contribution in [2.45, 2.75) is 19.8 Å². The molecule has 5 heteroatoms. The van der Waals surface area contributed by atoms with Crippen LogP contribution in [0.15, 0.2) is 12.3 Å². The molecule has 1 rings (SSSR count). The Balaban J connectivity index is 2.24. The number of rotatable bonds is 7. The molecule has 86 valence electrons. The van der Waals surface area contributed by atoms with E-state index in [-0.39, 0.29) is 0 Å². The molecule has 0 aromatic carbocycles. The minimum atomic E-state index is 0.503. The van der Waals surface area contributed by atoms with E-state index in [0.717, 1.165) is 19.4 Å². The molecule has 0 saturated carbocycles. The first-order chi connectivity index (χ1) is 7.88. The smallest absolute Gasteiger partial charge is 0.166 e. The van der Waals surface area contributed by atoms with Gasteiger partial charge in [-0.1, -0.05) is 13.3 Å². The summed E-state index contributed by atoms with van der Waals surface area (Å²) < 4.78 is 5.38. The SMILES string of the molecule is CCCCOCCNc1nnccc1C#N. The van der Waals surface area contributed by atoms with Gasteiger partial charge < -0.3 is 10.1 Å². The quantitative estimate of drug-likeness (QED) is 0.706. The number of hydrogen-bond acceptors (Lipinski definition) is 5. The molecular formula is C11H16N4O. The Hall–Kier alpha value is -1.67. The predicted octanol–water partition coefficient (Wildman–Crippen LogP) is 1.58. The highest BCUT2D eigenvalue weighted by Crippen LogP contribution is 2.07. The highest BCUT2D eigenvalue weighted by Gasteiger charge is 2.01. The number of anilines is 1. The summed E-state index contributed by atoms with van der Waals surface area (Å²) in [5.41, 5.74) is 0.503. The average Bonchev–Trinajstić information content (AvgIpc) is 2.34. The van der Waals surface area contributed by atoms with Gasteiger partial charge in [-0.2, -0.15) is 10.4 Å². The summed E-state index contributed by atoms with van der Waals surface area (Å²) in [6, 6.07) is 3.68. The minimum Gasteiger partial charge on any atom is -0.380 e. The molecule has 1 aromatic heterocycles. The van der Waals surface area contributed by atoms with Gasteiger partial charge >= 0.3 is 0 Å². The van der Waals surface area contributed by atoms with Gasteiger partial charge in [-0.25, -0.2) is 0 Å². The summed E-state index contributed by atoms with van der Waals surface area (Å²) in [4.78, 5) is 0. The molecule has 0 spiro atoms. The number of ether oxygens (including phenoxy) is 1. The van der Waals surface area contributed by atoms with Gasteiger partial charge in [0.15, 0.2) is 5.82 Å². The molecule has 0 aliphatic carbocycles. The lowest BCUT2D eigenvalue weighted by Gasteiger charge is -2.06. The van der Waals surface area contributed by atoms with Crippen LogP contribution in [-0.2, 0) is 4.74 Å². The number of unbranched alkanes of at least 4 members (excludes halogenated alkanes) is 1. The van der Waals surface area contributed by atoms with Crippen LogP contribution in [0.3, 0.4) is 0 Å². The van der Waals surface area contributed by atoms with Crippen LogP contribution in [-0.4, -0.2) is 30.0 Å². The van der Waals surface area contributed by atoms with Crippen molar-refractivity contribution in [2.24, 2.45) is 0 Å². The molecule has 1 N–H and O–H groups in total. The Bertz CT molecular complexity index is 348. The summed E-state index contributed by atoms with van der Waals surface area (Å²) in [6.07, 6.45) is 3.71. The van der Waals surface area contributed by atoms with E-state index >= 15 is 0 Å². The largest absolute Gasteiger partial charge is 0.380 e. The second-order valence-electron chi connectivity index (χ2n) is 3.30. The van der Waals surface area contributed by atoms with Gasteiger partial charge in [0.25, 0.3) is 0 Å². The molecular weight excluding hydrogens is 204 g/mol. The van der Waals surface area contributed by atoms with E-state index in [2.05, 4.69) is 28.5 Å². The van der Waals surface area contributed by atoms with Gasteiger partial charge in [0.1, 0.15) is 6.07 Å². The Labute approximate surface area is 95.4 Å². The van der Waals surface area contributed by atoms with E-state index in [9.17, 15) is 0 Å². The molecule has 0 amide bonds. The van der Waals surface area contributed by atoms with Crippen molar-refractivity contribution in [3.8, 4) is 6.07 Å². The van der Waals surface area contributed by atoms with Crippen molar-refractivity contribution in [1.82, 2.24) is 10.2 Å². The molecule has 0 saturated heterocycles. The van der Waals surface area contributed by atoms with Gasteiger partial charge in [0.05, 0.1) is 18.4 Å². The van der Waals surface area contributed by atoms with E-state index in [1.807, 2.05) is 0 Å². The molecule has 0 aliphatic heterocycles. The number of hydrogen-bond donors (Lipinski definition) is 1. The van der Waals surface area contributed by atoms with E-state index in [1.165, 1.54) is 6.20 Å². The van der Waals surface area contributed by atoms with Crippen molar-refractivity contribution < 1.29 is 4.74 Å². The Morgan fingerprint density at radius 3 is 3.12 bits per heavy atom. The Morgan fingerprint density at radius 1 is 1.50 bits per heavy atom. The molecule has 1 heterocycles. The van der Waals surface area contributed by atoms with Gasteiger partial charge in [-0.3, -0.25) is 0 Å². The zero-order chi connectivity index (χ0) is 11.6. The third kappa shape index (κ3) is 4.24. The first-order valence-electron chi connectivity index (χ1n) is 5.42. The number of nitriles is 1. The fraction of sp³-hybridized carbons (Fsp3) is 0.545. The van der Waals surface area contributed by atoms with Gasteiger partial charge in [0, 0.05) is 13.2 Å². The van der Waals surface area contributed by atoms with Crippen molar-refractivity contribution >= 4 is 5.82 Å².